The number of carbonyl (C=O) groups excluding carboxylic acids is 1. The summed E-state index contributed by atoms with van der Waals surface area (Å²) < 4.78 is 11.3. The van der Waals surface area contributed by atoms with Crippen LogP contribution in [0.25, 0.3) is 16.2 Å². The zero-order valence-electron chi connectivity index (χ0n) is 20.2. The number of aliphatic hydroxyl groups excluding tert-OH is 1. The van der Waals surface area contributed by atoms with Crippen LogP contribution in [-0.2, 0) is 4.79 Å². The first-order chi connectivity index (χ1) is 17.8. The van der Waals surface area contributed by atoms with E-state index in [4.69, 9.17) is 16.3 Å². The maximum Gasteiger partial charge on any atom is 0.247 e. The van der Waals surface area contributed by atoms with E-state index in [9.17, 15) is 9.90 Å². The zero-order valence-corrected chi connectivity index (χ0v) is 21.8. The highest BCUT2D eigenvalue weighted by Gasteiger charge is 2.24. The van der Waals surface area contributed by atoms with E-state index in [0.717, 1.165) is 10.1 Å². The minimum Gasteiger partial charge on any atom is -0.455 e. The molecule has 1 aliphatic rings. The number of benzene rings is 2. The highest BCUT2D eigenvalue weighted by atomic mass is 35.5. The summed E-state index contributed by atoms with van der Waals surface area (Å²) >= 11 is 7.98. The molecule has 2 aromatic carbocycles. The number of nitrogens with zero attached hydrogens (tertiary/aromatic N) is 3. The Balaban J connectivity index is 1.40. The highest BCUT2D eigenvalue weighted by Crippen LogP contribution is 2.37. The number of amides is 1. The third-order valence-corrected chi connectivity index (χ3v) is 6.86. The Morgan fingerprint density at radius 3 is 2.92 bits per heavy atom. The molecule has 2 aromatic heterocycles. The third-order valence-electron chi connectivity index (χ3n) is 5.80. The number of aromatic nitrogens is 3. The van der Waals surface area contributed by atoms with Crippen molar-refractivity contribution in [3.63, 3.8) is 0 Å². The van der Waals surface area contributed by atoms with E-state index >= 15 is 0 Å². The van der Waals surface area contributed by atoms with Gasteiger partial charge in [0, 0.05) is 17.8 Å². The van der Waals surface area contributed by atoms with Gasteiger partial charge in [-0.1, -0.05) is 17.7 Å². The van der Waals surface area contributed by atoms with E-state index in [1.54, 1.807) is 38.3 Å². The van der Waals surface area contributed by atoms with E-state index in [-0.39, 0.29) is 12.5 Å². The van der Waals surface area contributed by atoms with E-state index in [1.165, 1.54) is 17.9 Å². The molecule has 37 heavy (non-hydrogen) atoms. The van der Waals surface area contributed by atoms with Gasteiger partial charge in [0.15, 0.2) is 0 Å². The molecule has 4 N–H and O–H groups in total. The van der Waals surface area contributed by atoms with Crippen LogP contribution < -0.4 is 20.7 Å². The molecule has 0 saturated heterocycles. The predicted octanol–water partition coefficient (Wildman–Crippen LogP) is 5.36. The Hall–Kier alpha value is -3.73. The van der Waals surface area contributed by atoms with Crippen LogP contribution >= 0.6 is 23.1 Å². The van der Waals surface area contributed by atoms with Gasteiger partial charge in [0.1, 0.15) is 29.5 Å². The fourth-order valence-electron chi connectivity index (χ4n) is 3.81. The lowest BCUT2D eigenvalue weighted by Crippen LogP contribution is -2.46. The fraction of sp³-hybridized carbons (Fsp3) is 0.231. The third kappa shape index (κ3) is 5.51. The van der Waals surface area contributed by atoms with Gasteiger partial charge in [0.05, 0.1) is 39.0 Å². The summed E-state index contributed by atoms with van der Waals surface area (Å²) in [5.41, 5.74) is 1.17. The summed E-state index contributed by atoms with van der Waals surface area (Å²) in [4.78, 5) is 21.6. The Labute approximate surface area is 222 Å². The monoisotopic (exact) mass is 536 g/mol. The van der Waals surface area contributed by atoms with Gasteiger partial charge in [-0.2, -0.15) is 4.37 Å². The van der Waals surface area contributed by atoms with Gasteiger partial charge in [-0.3, -0.25) is 4.79 Å². The van der Waals surface area contributed by atoms with Crippen LogP contribution in [0.15, 0.2) is 54.5 Å². The fourth-order valence-corrected chi connectivity index (χ4v) is 4.69. The number of nitrogens with one attached hydrogen (secondary N) is 3. The van der Waals surface area contributed by atoms with Crippen molar-refractivity contribution in [3.05, 3.63) is 65.1 Å². The molecule has 0 radical (unpaired) electrons. The van der Waals surface area contributed by atoms with Crippen molar-refractivity contribution >= 4 is 62.5 Å². The molecule has 0 aliphatic carbocycles. The van der Waals surface area contributed by atoms with Crippen LogP contribution in [0, 0.1) is 0 Å². The molecule has 0 atom stereocenters. The average Bonchev–Trinajstić information content (AvgIpc) is 3.25. The minimum absolute atomic E-state index is 0.170. The molecule has 0 spiro atoms. The molecule has 11 heteroatoms. The largest absolute Gasteiger partial charge is 0.455 e. The Morgan fingerprint density at radius 2 is 2.11 bits per heavy atom. The zero-order chi connectivity index (χ0) is 26.0. The van der Waals surface area contributed by atoms with E-state index in [2.05, 4.69) is 30.3 Å². The average molecular weight is 537 g/mol. The van der Waals surface area contributed by atoms with Crippen molar-refractivity contribution in [1.82, 2.24) is 19.7 Å². The smallest absolute Gasteiger partial charge is 0.247 e. The Bertz CT molecular complexity index is 1500. The molecule has 4 aromatic rings. The molecule has 1 amide bonds. The molecule has 3 heterocycles. The van der Waals surface area contributed by atoms with E-state index < -0.39 is 5.54 Å². The number of fused-ring (bicyclic) bond motifs is 2. The summed E-state index contributed by atoms with van der Waals surface area (Å²) in [7, 11) is 0. The van der Waals surface area contributed by atoms with E-state index in [1.807, 2.05) is 24.3 Å². The highest BCUT2D eigenvalue weighted by molar-refractivity contribution is 7.13. The van der Waals surface area contributed by atoms with Gasteiger partial charge in [-0.05, 0) is 68.2 Å². The molecule has 0 unspecified atom stereocenters. The normalized spacial score (nSPS) is 13.2. The van der Waals surface area contributed by atoms with Gasteiger partial charge in [0.2, 0.25) is 5.91 Å². The van der Waals surface area contributed by atoms with Crippen molar-refractivity contribution in [2.24, 2.45) is 0 Å². The molecule has 0 saturated carbocycles. The first kappa shape index (κ1) is 24.9. The number of anilines is 3. The maximum atomic E-state index is 12.9. The van der Waals surface area contributed by atoms with Crippen LogP contribution in [0.5, 0.6) is 11.5 Å². The second kappa shape index (κ2) is 10.3. The number of aliphatic hydroxyl groups is 1. The number of halogens is 1. The first-order valence-electron chi connectivity index (χ1n) is 11.6. The minimum atomic E-state index is -0.735. The molecule has 9 nitrogen and oxygen atoms in total. The van der Waals surface area contributed by atoms with Gasteiger partial charge in [-0.25, -0.2) is 9.97 Å². The first-order valence-corrected chi connectivity index (χ1v) is 12.8. The number of ether oxygens (including phenoxy) is 1. The van der Waals surface area contributed by atoms with Crippen molar-refractivity contribution in [2.45, 2.75) is 25.8 Å². The summed E-state index contributed by atoms with van der Waals surface area (Å²) in [6, 6.07) is 11.2. The maximum absolute atomic E-state index is 12.9. The predicted molar refractivity (Wildman–Crippen MR) is 147 cm³/mol. The van der Waals surface area contributed by atoms with Crippen LogP contribution in [0.2, 0.25) is 5.02 Å². The van der Waals surface area contributed by atoms with Crippen molar-refractivity contribution in [2.75, 3.05) is 23.8 Å². The number of hydrogen-bond donors (Lipinski definition) is 4. The summed E-state index contributed by atoms with van der Waals surface area (Å²) in [5.74, 6) is 2.08. The van der Waals surface area contributed by atoms with Gasteiger partial charge < -0.3 is 25.8 Å². The lowest BCUT2D eigenvalue weighted by atomic mass is 10.0. The summed E-state index contributed by atoms with van der Waals surface area (Å²) in [6.07, 6.45) is 5.50. The Kier molecular flexibility index (Phi) is 6.96. The second-order valence-electron chi connectivity index (χ2n) is 9.19. The molecule has 1 aliphatic heterocycles. The summed E-state index contributed by atoms with van der Waals surface area (Å²) in [5, 5.41) is 20.3. The molecule has 0 bridgehead atoms. The summed E-state index contributed by atoms with van der Waals surface area (Å²) in [6.45, 7) is 3.89. The van der Waals surface area contributed by atoms with Crippen LogP contribution in [0.4, 0.5) is 17.3 Å². The van der Waals surface area contributed by atoms with Gasteiger partial charge in [-0.15, -0.1) is 0 Å². The topological polar surface area (TPSA) is 121 Å². The Morgan fingerprint density at radius 1 is 1.24 bits per heavy atom. The van der Waals surface area contributed by atoms with Crippen molar-refractivity contribution in [1.29, 1.82) is 0 Å². The number of carbonyl (C=O) groups is 1. The van der Waals surface area contributed by atoms with Gasteiger partial charge in [0.25, 0.3) is 0 Å². The van der Waals surface area contributed by atoms with Crippen LogP contribution in [-0.4, -0.2) is 44.0 Å². The van der Waals surface area contributed by atoms with E-state index in [0.29, 0.717) is 57.9 Å². The number of rotatable bonds is 7. The molecular formula is C26H25ClN6O3S. The van der Waals surface area contributed by atoms with Crippen molar-refractivity contribution in [3.8, 4) is 11.5 Å². The molecule has 5 rings (SSSR count). The lowest BCUT2D eigenvalue weighted by molar-refractivity contribution is -0.119. The molecular weight excluding hydrogens is 512 g/mol. The lowest BCUT2D eigenvalue weighted by Gasteiger charge is -2.24. The standard InChI is InChI=1S/C26H25ClN6O3S/c1-26(2,13-34)33-25(35)15-8-9-28-23-17(10-15)24(30-14-29-23)32-16-6-7-21(19(27)11-16)36-20-4-3-5-22-18(20)12-31-37-22/h3-7,10-12,14,34H,8-9,13H2,1-2H3,(H,33,35)(H2,28,29,30,32). The van der Waals surface area contributed by atoms with Gasteiger partial charge >= 0.3 is 0 Å². The molecule has 0 fully saturated rings. The van der Waals surface area contributed by atoms with Crippen LogP contribution in [0.1, 0.15) is 25.8 Å². The quantitative estimate of drug-likeness (QED) is 0.249. The second-order valence-corrected chi connectivity index (χ2v) is 10.4. The number of hydrogen-bond acceptors (Lipinski definition) is 9. The van der Waals surface area contributed by atoms with Crippen LogP contribution in [0.3, 0.4) is 0 Å². The van der Waals surface area contributed by atoms with Crippen molar-refractivity contribution < 1.29 is 14.6 Å². The SMILES string of the molecule is CC(C)(CO)NC(=O)C1=Cc2c(ncnc2Nc2ccc(Oc3cccc4sncc34)c(Cl)c2)NCC1. The molecule has 190 valence electrons.